The van der Waals surface area contributed by atoms with E-state index in [4.69, 9.17) is 0 Å². The normalized spacial score (nSPS) is 19.0. The first-order valence-corrected chi connectivity index (χ1v) is 12.4. The minimum atomic E-state index is -0.0421. The number of thioether (sulfide) groups is 1. The fraction of sp³-hybridized carbons (Fsp3) is 0.458. The van der Waals surface area contributed by atoms with E-state index in [0.717, 1.165) is 43.1 Å². The van der Waals surface area contributed by atoms with Crippen molar-refractivity contribution in [2.75, 3.05) is 24.6 Å². The SMILES string of the molecule is O=C(NC1CCN(C2CCSCC2)CC1)c1cnc2c(c1)ncn2Cc1ccccc1. The van der Waals surface area contributed by atoms with Gasteiger partial charge in [0.15, 0.2) is 5.65 Å². The van der Waals surface area contributed by atoms with E-state index >= 15 is 0 Å². The summed E-state index contributed by atoms with van der Waals surface area (Å²) in [5.41, 5.74) is 3.35. The highest BCUT2D eigenvalue weighted by Gasteiger charge is 2.27. The summed E-state index contributed by atoms with van der Waals surface area (Å²) in [7, 11) is 0. The molecular formula is C24H29N5OS. The number of piperidine rings is 1. The van der Waals surface area contributed by atoms with Gasteiger partial charge in [0, 0.05) is 31.4 Å². The summed E-state index contributed by atoms with van der Waals surface area (Å²) in [5, 5.41) is 3.23. The molecule has 0 aliphatic carbocycles. The van der Waals surface area contributed by atoms with Crippen molar-refractivity contribution in [1.29, 1.82) is 0 Å². The number of rotatable bonds is 5. The Morgan fingerprint density at radius 3 is 2.61 bits per heavy atom. The number of fused-ring (bicyclic) bond motifs is 1. The minimum absolute atomic E-state index is 0.0421. The predicted octanol–water partition coefficient (Wildman–Crippen LogP) is 3.57. The molecule has 2 aromatic heterocycles. The van der Waals surface area contributed by atoms with Gasteiger partial charge in [-0.15, -0.1) is 0 Å². The lowest BCUT2D eigenvalue weighted by molar-refractivity contribution is 0.0886. The fourth-order valence-electron chi connectivity index (χ4n) is 4.70. The molecule has 6 nitrogen and oxygen atoms in total. The van der Waals surface area contributed by atoms with Crippen molar-refractivity contribution < 1.29 is 4.79 Å². The lowest BCUT2D eigenvalue weighted by atomic mass is 10.0. The molecule has 5 rings (SSSR count). The number of carbonyl (C=O) groups excluding carboxylic acids is 1. The standard InChI is InChI=1S/C24H29N5OS/c30-24(27-20-6-10-28(11-7-20)21-8-12-31-13-9-21)19-14-22-23(25-15-19)29(17-26-22)16-18-4-2-1-3-5-18/h1-5,14-15,17,20-21H,6-13,16H2,(H,27,30). The van der Waals surface area contributed by atoms with Crippen LogP contribution in [0.2, 0.25) is 0 Å². The van der Waals surface area contributed by atoms with Crippen molar-refractivity contribution >= 4 is 28.8 Å². The smallest absolute Gasteiger partial charge is 0.253 e. The number of nitrogens with zero attached hydrogens (tertiary/aromatic N) is 4. The molecule has 4 heterocycles. The van der Waals surface area contributed by atoms with Crippen molar-refractivity contribution in [3.05, 3.63) is 60.0 Å². The van der Waals surface area contributed by atoms with Crippen LogP contribution in [0.1, 0.15) is 41.6 Å². The zero-order valence-corrected chi connectivity index (χ0v) is 18.6. The topological polar surface area (TPSA) is 63.1 Å². The number of benzene rings is 1. The van der Waals surface area contributed by atoms with E-state index in [2.05, 4.69) is 44.1 Å². The summed E-state index contributed by atoms with van der Waals surface area (Å²) in [6, 6.07) is 13.1. The molecule has 2 aliphatic heterocycles. The molecule has 0 radical (unpaired) electrons. The van der Waals surface area contributed by atoms with Gasteiger partial charge in [-0.05, 0) is 48.8 Å². The summed E-state index contributed by atoms with van der Waals surface area (Å²) in [4.78, 5) is 24.5. The molecule has 31 heavy (non-hydrogen) atoms. The first kappa shape index (κ1) is 20.5. The van der Waals surface area contributed by atoms with Crippen LogP contribution in [0.15, 0.2) is 48.9 Å². The molecule has 162 valence electrons. The summed E-state index contributed by atoms with van der Waals surface area (Å²) in [6.07, 6.45) is 8.14. The van der Waals surface area contributed by atoms with Crippen LogP contribution in [-0.4, -0.2) is 62.0 Å². The Bertz CT molecular complexity index is 1020. The zero-order chi connectivity index (χ0) is 21.0. The maximum atomic E-state index is 12.8. The van der Waals surface area contributed by atoms with Gasteiger partial charge >= 0.3 is 0 Å². The van der Waals surface area contributed by atoms with Crippen LogP contribution in [0.25, 0.3) is 11.2 Å². The fourth-order valence-corrected chi connectivity index (χ4v) is 5.78. The van der Waals surface area contributed by atoms with Gasteiger partial charge in [-0.2, -0.15) is 11.8 Å². The number of hydrogen-bond donors (Lipinski definition) is 1. The summed E-state index contributed by atoms with van der Waals surface area (Å²) < 4.78 is 2.02. The van der Waals surface area contributed by atoms with Gasteiger partial charge in [0.1, 0.15) is 5.52 Å². The number of imidazole rings is 1. The molecular weight excluding hydrogens is 406 g/mol. The van der Waals surface area contributed by atoms with Crippen LogP contribution in [0, 0.1) is 0 Å². The first-order chi connectivity index (χ1) is 15.3. The van der Waals surface area contributed by atoms with Gasteiger partial charge in [-0.3, -0.25) is 4.79 Å². The van der Waals surface area contributed by atoms with Crippen molar-refractivity contribution in [1.82, 2.24) is 24.8 Å². The van der Waals surface area contributed by atoms with E-state index in [1.54, 1.807) is 12.5 Å². The number of amides is 1. The highest BCUT2D eigenvalue weighted by atomic mass is 32.2. The molecule has 2 aliphatic rings. The Morgan fingerprint density at radius 2 is 1.84 bits per heavy atom. The lowest BCUT2D eigenvalue weighted by Crippen LogP contribution is -2.48. The number of likely N-dealkylation sites (tertiary alicyclic amines) is 1. The number of pyridine rings is 1. The molecule has 1 N–H and O–H groups in total. The maximum absolute atomic E-state index is 12.8. The molecule has 2 fully saturated rings. The lowest BCUT2D eigenvalue weighted by Gasteiger charge is -2.39. The Hall–Kier alpha value is -2.38. The van der Waals surface area contributed by atoms with Crippen LogP contribution in [0.5, 0.6) is 0 Å². The van der Waals surface area contributed by atoms with E-state index < -0.39 is 0 Å². The highest BCUT2D eigenvalue weighted by molar-refractivity contribution is 7.99. The van der Waals surface area contributed by atoms with E-state index in [1.807, 2.05) is 28.8 Å². The minimum Gasteiger partial charge on any atom is -0.349 e. The summed E-state index contributed by atoms with van der Waals surface area (Å²) >= 11 is 2.08. The second kappa shape index (κ2) is 9.40. The van der Waals surface area contributed by atoms with Crippen molar-refractivity contribution in [2.45, 2.75) is 44.3 Å². The Labute approximate surface area is 187 Å². The Morgan fingerprint density at radius 1 is 1.06 bits per heavy atom. The second-order valence-electron chi connectivity index (χ2n) is 8.55. The van der Waals surface area contributed by atoms with Crippen molar-refractivity contribution in [3.63, 3.8) is 0 Å². The van der Waals surface area contributed by atoms with Gasteiger partial charge in [0.2, 0.25) is 0 Å². The van der Waals surface area contributed by atoms with Gasteiger partial charge in [0.25, 0.3) is 5.91 Å². The van der Waals surface area contributed by atoms with Crippen LogP contribution < -0.4 is 5.32 Å². The molecule has 0 atom stereocenters. The summed E-state index contributed by atoms with van der Waals surface area (Å²) in [5.74, 6) is 2.54. The monoisotopic (exact) mass is 435 g/mol. The van der Waals surface area contributed by atoms with E-state index in [1.165, 1.54) is 29.9 Å². The van der Waals surface area contributed by atoms with Crippen LogP contribution in [0.3, 0.4) is 0 Å². The number of nitrogens with one attached hydrogen (secondary N) is 1. The predicted molar refractivity (Wildman–Crippen MR) is 125 cm³/mol. The molecule has 1 amide bonds. The second-order valence-corrected chi connectivity index (χ2v) is 9.78. The van der Waals surface area contributed by atoms with E-state index in [0.29, 0.717) is 12.1 Å². The third kappa shape index (κ3) is 4.77. The van der Waals surface area contributed by atoms with Crippen LogP contribution >= 0.6 is 11.8 Å². The van der Waals surface area contributed by atoms with Gasteiger partial charge in [0.05, 0.1) is 18.4 Å². The van der Waals surface area contributed by atoms with E-state index in [9.17, 15) is 4.79 Å². The molecule has 2 saturated heterocycles. The van der Waals surface area contributed by atoms with Gasteiger partial charge < -0.3 is 14.8 Å². The molecule has 3 aromatic rings. The average Bonchev–Trinajstić information content (AvgIpc) is 3.23. The third-order valence-corrected chi connectivity index (χ3v) is 7.53. The summed E-state index contributed by atoms with van der Waals surface area (Å²) in [6.45, 7) is 2.89. The largest absolute Gasteiger partial charge is 0.349 e. The third-order valence-electron chi connectivity index (χ3n) is 6.49. The zero-order valence-electron chi connectivity index (χ0n) is 17.7. The molecule has 7 heteroatoms. The van der Waals surface area contributed by atoms with Crippen molar-refractivity contribution in [3.8, 4) is 0 Å². The quantitative estimate of drug-likeness (QED) is 0.664. The molecule has 0 bridgehead atoms. The first-order valence-electron chi connectivity index (χ1n) is 11.2. The number of aromatic nitrogens is 3. The van der Waals surface area contributed by atoms with Gasteiger partial charge in [-0.25, -0.2) is 9.97 Å². The number of hydrogen-bond acceptors (Lipinski definition) is 5. The van der Waals surface area contributed by atoms with Gasteiger partial charge in [-0.1, -0.05) is 30.3 Å². The Balaban J connectivity index is 1.19. The highest BCUT2D eigenvalue weighted by Crippen LogP contribution is 2.24. The Kier molecular flexibility index (Phi) is 6.22. The van der Waals surface area contributed by atoms with Crippen LogP contribution in [-0.2, 0) is 6.54 Å². The molecule has 0 saturated carbocycles. The number of carbonyl (C=O) groups is 1. The van der Waals surface area contributed by atoms with Crippen molar-refractivity contribution in [2.24, 2.45) is 0 Å². The maximum Gasteiger partial charge on any atom is 0.253 e. The molecule has 1 aromatic carbocycles. The van der Waals surface area contributed by atoms with E-state index in [-0.39, 0.29) is 11.9 Å². The molecule has 0 spiro atoms. The molecule has 0 unspecified atom stereocenters. The average molecular weight is 436 g/mol. The van der Waals surface area contributed by atoms with Crippen LogP contribution in [0.4, 0.5) is 0 Å².